The standard InChI is InChI=1S/C18H23NO2/c1-13-7-9-18(21-2,10-8-13)17(20)15-5-6-16-14(12-15)4-3-11-19-16/h3-6,11-13,17,20H,7-10H2,1-2H3. The lowest BCUT2D eigenvalue weighted by molar-refractivity contribution is -0.130. The van der Waals surface area contributed by atoms with Crippen molar-refractivity contribution >= 4 is 10.9 Å². The normalized spacial score (nSPS) is 27.7. The molecule has 21 heavy (non-hydrogen) atoms. The van der Waals surface area contributed by atoms with Gasteiger partial charge in [0.1, 0.15) is 6.10 Å². The molecule has 0 amide bonds. The Hall–Kier alpha value is -1.45. The molecular weight excluding hydrogens is 262 g/mol. The molecule has 3 nitrogen and oxygen atoms in total. The molecule has 1 saturated carbocycles. The van der Waals surface area contributed by atoms with Gasteiger partial charge in [-0.25, -0.2) is 0 Å². The Balaban J connectivity index is 1.92. The SMILES string of the molecule is COC1(C(O)c2ccc3ncccc3c2)CCC(C)CC1. The minimum Gasteiger partial charge on any atom is -0.385 e. The van der Waals surface area contributed by atoms with Crippen LogP contribution >= 0.6 is 0 Å². The number of pyridine rings is 1. The quantitative estimate of drug-likeness (QED) is 0.931. The lowest BCUT2D eigenvalue weighted by Gasteiger charge is -2.42. The van der Waals surface area contributed by atoms with Crippen molar-refractivity contribution in [1.29, 1.82) is 0 Å². The average molecular weight is 285 g/mol. The van der Waals surface area contributed by atoms with Crippen molar-refractivity contribution in [2.75, 3.05) is 7.11 Å². The molecule has 3 rings (SSSR count). The van der Waals surface area contributed by atoms with Crippen LogP contribution in [-0.4, -0.2) is 22.8 Å². The molecule has 2 aromatic rings. The number of rotatable bonds is 3. The van der Waals surface area contributed by atoms with Gasteiger partial charge in [-0.2, -0.15) is 0 Å². The number of hydrogen-bond acceptors (Lipinski definition) is 3. The molecule has 0 radical (unpaired) electrons. The highest BCUT2D eigenvalue weighted by Crippen LogP contribution is 2.43. The van der Waals surface area contributed by atoms with Gasteiger partial charge in [0.2, 0.25) is 0 Å². The molecule has 1 atom stereocenters. The first kappa shape index (κ1) is 14.5. The van der Waals surface area contributed by atoms with Crippen LogP contribution in [0, 0.1) is 5.92 Å². The number of benzene rings is 1. The van der Waals surface area contributed by atoms with E-state index < -0.39 is 11.7 Å². The lowest BCUT2D eigenvalue weighted by atomic mass is 9.74. The number of aliphatic hydroxyl groups is 1. The maximum absolute atomic E-state index is 10.9. The molecule has 3 heteroatoms. The topological polar surface area (TPSA) is 42.4 Å². The second-order valence-electron chi connectivity index (χ2n) is 6.31. The maximum Gasteiger partial charge on any atom is 0.108 e. The van der Waals surface area contributed by atoms with Crippen LogP contribution in [0.2, 0.25) is 0 Å². The highest BCUT2D eigenvalue weighted by Gasteiger charge is 2.41. The Labute approximate surface area is 126 Å². The van der Waals surface area contributed by atoms with Crippen LogP contribution in [0.3, 0.4) is 0 Å². The van der Waals surface area contributed by atoms with Crippen LogP contribution in [0.1, 0.15) is 44.3 Å². The summed E-state index contributed by atoms with van der Waals surface area (Å²) < 4.78 is 5.79. The molecule has 1 aliphatic carbocycles. The number of hydrogen-bond donors (Lipinski definition) is 1. The van der Waals surface area contributed by atoms with Crippen LogP contribution < -0.4 is 0 Å². The maximum atomic E-state index is 10.9. The van der Waals surface area contributed by atoms with Crippen LogP contribution in [0.15, 0.2) is 36.5 Å². The van der Waals surface area contributed by atoms with Crippen molar-refractivity contribution in [2.24, 2.45) is 5.92 Å². The average Bonchev–Trinajstić information content (AvgIpc) is 2.55. The first-order chi connectivity index (χ1) is 10.1. The van der Waals surface area contributed by atoms with Crippen molar-refractivity contribution in [2.45, 2.75) is 44.3 Å². The van der Waals surface area contributed by atoms with Crippen molar-refractivity contribution in [3.8, 4) is 0 Å². The van der Waals surface area contributed by atoms with Crippen LogP contribution in [0.4, 0.5) is 0 Å². The fraction of sp³-hybridized carbons (Fsp3) is 0.500. The third-order valence-electron chi connectivity index (χ3n) is 4.97. The molecule has 112 valence electrons. The van der Waals surface area contributed by atoms with E-state index in [0.717, 1.165) is 48.1 Å². The summed E-state index contributed by atoms with van der Waals surface area (Å²) in [5.74, 6) is 0.723. The van der Waals surface area contributed by atoms with E-state index in [1.54, 1.807) is 13.3 Å². The molecule has 1 aliphatic rings. The Bertz CT molecular complexity index is 617. The molecule has 0 bridgehead atoms. The zero-order valence-electron chi connectivity index (χ0n) is 12.7. The minimum atomic E-state index is -0.584. The van der Waals surface area contributed by atoms with Crippen LogP contribution in [-0.2, 0) is 4.74 Å². The summed E-state index contributed by atoms with van der Waals surface area (Å²) in [4.78, 5) is 4.33. The van der Waals surface area contributed by atoms with Crippen LogP contribution in [0.25, 0.3) is 10.9 Å². The molecule has 0 aliphatic heterocycles. The summed E-state index contributed by atoms with van der Waals surface area (Å²) >= 11 is 0. The second kappa shape index (κ2) is 5.74. The fourth-order valence-electron chi connectivity index (χ4n) is 3.41. The molecule has 1 fully saturated rings. The van der Waals surface area contributed by atoms with Gasteiger partial charge in [-0.05, 0) is 55.4 Å². The smallest absolute Gasteiger partial charge is 0.108 e. The van der Waals surface area contributed by atoms with E-state index in [1.807, 2.05) is 30.3 Å². The van der Waals surface area contributed by atoms with Gasteiger partial charge in [-0.1, -0.05) is 19.1 Å². The fourth-order valence-corrected chi connectivity index (χ4v) is 3.41. The van der Waals surface area contributed by atoms with Gasteiger partial charge in [-0.15, -0.1) is 0 Å². The predicted octanol–water partition coefficient (Wildman–Crippen LogP) is 3.86. The third kappa shape index (κ3) is 2.68. The van der Waals surface area contributed by atoms with Crippen molar-refractivity contribution in [3.05, 3.63) is 42.1 Å². The van der Waals surface area contributed by atoms with Crippen molar-refractivity contribution in [3.63, 3.8) is 0 Å². The molecule has 0 saturated heterocycles. The van der Waals surface area contributed by atoms with Gasteiger partial charge in [-0.3, -0.25) is 4.98 Å². The number of nitrogens with zero attached hydrogens (tertiary/aromatic N) is 1. The Kier molecular flexibility index (Phi) is 3.96. The molecule has 1 N–H and O–H groups in total. The molecule has 0 spiro atoms. The Morgan fingerprint density at radius 2 is 2.05 bits per heavy atom. The summed E-state index contributed by atoms with van der Waals surface area (Å²) in [6.45, 7) is 2.27. The van der Waals surface area contributed by atoms with E-state index in [0.29, 0.717) is 0 Å². The monoisotopic (exact) mass is 285 g/mol. The number of aromatic nitrogens is 1. The summed E-state index contributed by atoms with van der Waals surface area (Å²) in [6.07, 6.45) is 5.26. The minimum absolute atomic E-state index is 0.442. The van der Waals surface area contributed by atoms with Gasteiger partial charge < -0.3 is 9.84 Å². The van der Waals surface area contributed by atoms with E-state index in [9.17, 15) is 5.11 Å². The largest absolute Gasteiger partial charge is 0.385 e. The zero-order valence-corrected chi connectivity index (χ0v) is 12.7. The molecule has 1 unspecified atom stereocenters. The van der Waals surface area contributed by atoms with E-state index in [-0.39, 0.29) is 0 Å². The molecule has 1 aromatic heterocycles. The highest BCUT2D eigenvalue weighted by atomic mass is 16.5. The molecular formula is C18H23NO2. The van der Waals surface area contributed by atoms with E-state index in [2.05, 4.69) is 11.9 Å². The Morgan fingerprint density at radius 3 is 2.76 bits per heavy atom. The van der Waals surface area contributed by atoms with E-state index in [1.165, 1.54) is 0 Å². The van der Waals surface area contributed by atoms with Gasteiger partial charge in [0.25, 0.3) is 0 Å². The Morgan fingerprint density at radius 1 is 1.29 bits per heavy atom. The predicted molar refractivity (Wildman–Crippen MR) is 84.1 cm³/mol. The van der Waals surface area contributed by atoms with Crippen molar-refractivity contribution < 1.29 is 9.84 Å². The number of methoxy groups -OCH3 is 1. The second-order valence-corrected chi connectivity index (χ2v) is 6.31. The zero-order chi connectivity index (χ0) is 14.9. The summed E-state index contributed by atoms with van der Waals surface area (Å²) in [7, 11) is 1.72. The first-order valence-corrected chi connectivity index (χ1v) is 7.72. The van der Waals surface area contributed by atoms with E-state index in [4.69, 9.17) is 4.74 Å². The van der Waals surface area contributed by atoms with Gasteiger partial charge in [0.05, 0.1) is 11.1 Å². The highest BCUT2D eigenvalue weighted by molar-refractivity contribution is 5.79. The van der Waals surface area contributed by atoms with Gasteiger partial charge >= 0.3 is 0 Å². The number of aliphatic hydroxyl groups excluding tert-OH is 1. The molecule has 1 aromatic carbocycles. The summed E-state index contributed by atoms with van der Waals surface area (Å²) in [6, 6.07) is 9.93. The number of ether oxygens (including phenoxy) is 1. The molecule has 1 heterocycles. The van der Waals surface area contributed by atoms with E-state index >= 15 is 0 Å². The van der Waals surface area contributed by atoms with Gasteiger partial charge in [0, 0.05) is 18.7 Å². The van der Waals surface area contributed by atoms with Gasteiger partial charge in [0.15, 0.2) is 0 Å². The van der Waals surface area contributed by atoms with Crippen molar-refractivity contribution in [1.82, 2.24) is 4.98 Å². The lowest BCUT2D eigenvalue weighted by Crippen LogP contribution is -2.41. The van der Waals surface area contributed by atoms with Crippen LogP contribution in [0.5, 0.6) is 0 Å². The summed E-state index contributed by atoms with van der Waals surface area (Å²) in [5, 5.41) is 12.0. The third-order valence-corrected chi connectivity index (χ3v) is 4.97. The summed E-state index contributed by atoms with van der Waals surface area (Å²) in [5.41, 5.74) is 1.44. The first-order valence-electron chi connectivity index (χ1n) is 7.72. The number of fused-ring (bicyclic) bond motifs is 1.